The molecular weight excluding hydrogens is 703 g/mol. The molecule has 0 bridgehead atoms. The standard InChI is InChI=1S/C56H37NO/c1-3-14-38(15-4-1)39-26-30-43(31-27-39)57(44-32-28-41(29-33-44)53-36-42-18-7-8-19-46(42)47-20-9-10-21-48(47)53)45-34-35-49(54(37-45)40-16-5-2-6-17-40)51-23-13-24-52-50-22-11-12-25-55(50)58-56(51)52/h1-37H. The van der Waals surface area contributed by atoms with Crippen molar-refractivity contribution >= 4 is 60.5 Å². The summed E-state index contributed by atoms with van der Waals surface area (Å²) >= 11 is 0. The summed E-state index contributed by atoms with van der Waals surface area (Å²) in [5, 5.41) is 7.29. The molecule has 58 heavy (non-hydrogen) atoms. The van der Waals surface area contributed by atoms with E-state index in [4.69, 9.17) is 4.42 Å². The monoisotopic (exact) mass is 739 g/mol. The highest BCUT2D eigenvalue weighted by Crippen LogP contribution is 2.45. The average Bonchev–Trinajstić information content (AvgIpc) is 3.69. The van der Waals surface area contributed by atoms with Crippen molar-refractivity contribution in [2.24, 2.45) is 0 Å². The van der Waals surface area contributed by atoms with Crippen LogP contribution in [0.1, 0.15) is 0 Å². The zero-order valence-corrected chi connectivity index (χ0v) is 31.7. The van der Waals surface area contributed by atoms with E-state index in [9.17, 15) is 0 Å². The van der Waals surface area contributed by atoms with Gasteiger partial charge in [-0.15, -0.1) is 0 Å². The van der Waals surface area contributed by atoms with Crippen LogP contribution in [0, 0.1) is 0 Å². The topological polar surface area (TPSA) is 16.4 Å². The second kappa shape index (κ2) is 14.1. The fraction of sp³-hybridized carbons (Fsp3) is 0. The minimum atomic E-state index is 0.896. The molecule has 10 aromatic carbocycles. The fourth-order valence-corrected chi connectivity index (χ4v) is 8.69. The number of rotatable bonds is 7. The van der Waals surface area contributed by atoms with Crippen molar-refractivity contribution in [3.63, 3.8) is 0 Å². The number of benzene rings is 10. The number of hydrogen-bond donors (Lipinski definition) is 0. The van der Waals surface area contributed by atoms with Gasteiger partial charge >= 0.3 is 0 Å². The molecule has 1 aromatic heterocycles. The molecule has 0 atom stereocenters. The first-order valence-corrected chi connectivity index (χ1v) is 19.8. The van der Waals surface area contributed by atoms with Gasteiger partial charge in [-0.05, 0) is 109 Å². The molecule has 1 heterocycles. The highest BCUT2D eigenvalue weighted by Gasteiger charge is 2.20. The van der Waals surface area contributed by atoms with E-state index >= 15 is 0 Å². The second-order valence-electron chi connectivity index (χ2n) is 14.9. The minimum Gasteiger partial charge on any atom is -0.455 e. The van der Waals surface area contributed by atoms with Gasteiger partial charge in [0.15, 0.2) is 0 Å². The molecule has 0 saturated heterocycles. The molecule has 0 N–H and O–H groups in total. The Morgan fingerprint density at radius 3 is 1.55 bits per heavy atom. The Morgan fingerprint density at radius 2 is 0.810 bits per heavy atom. The maximum atomic E-state index is 6.58. The Kier molecular flexibility index (Phi) is 8.19. The van der Waals surface area contributed by atoms with Crippen LogP contribution in [0.4, 0.5) is 17.1 Å². The van der Waals surface area contributed by atoms with Gasteiger partial charge in [-0.3, -0.25) is 0 Å². The minimum absolute atomic E-state index is 0.896. The zero-order chi connectivity index (χ0) is 38.4. The van der Waals surface area contributed by atoms with Crippen LogP contribution < -0.4 is 4.90 Å². The molecule has 0 aliphatic rings. The van der Waals surface area contributed by atoms with E-state index in [1.807, 2.05) is 6.07 Å². The smallest absolute Gasteiger partial charge is 0.143 e. The quantitative estimate of drug-likeness (QED) is 0.151. The van der Waals surface area contributed by atoms with Crippen LogP contribution >= 0.6 is 0 Å². The SMILES string of the molecule is c1ccc(-c2ccc(N(c3ccc(-c4cc5ccccc5c5ccccc45)cc3)c3ccc(-c4cccc5c4oc4ccccc45)c(-c4ccccc4)c3)cc2)cc1. The molecule has 0 fully saturated rings. The van der Waals surface area contributed by atoms with E-state index in [1.165, 1.54) is 43.8 Å². The molecule has 0 aliphatic heterocycles. The van der Waals surface area contributed by atoms with Gasteiger partial charge in [-0.25, -0.2) is 0 Å². The average molecular weight is 740 g/mol. The molecule has 0 saturated carbocycles. The lowest BCUT2D eigenvalue weighted by molar-refractivity contribution is 0.670. The molecule has 11 aromatic rings. The van der Waals surface area contributed by atoms with Gasteiger partial charge in [0, 0.05) is 33.4 Å². The first kappa shape index (κ1) is 33.6. The number of anilines is 3. The molecule has 0 unspecified atom stereocenters. The molecule has 11 rings (SSSR count). The predicted octanol–water partition coefficient (Wildman–Crippen LogP) is 16.0. The molecule has 0 spiro atoms. The molecule has 272 valence electrons. The van der Waals surface area contributed by atoms with Crippen molar-refractivity contribution in [2.75, 3.05) is 4.90 Å². The summed E-state index contributed by atoms with van der Waals surface area (Å²) in [7, 11) is 0. The van der Waals surface area contributed by atoms with Gasteiger partial charge in [0.05, 0.1) is 0 Å². The first-order valence-electron chi connectivity index (χ1n) is 19.8. The Labute approximate surface area is 337 Å². The van der Waals surface area contributed by atoms with Gasteiger partial charge in [-0.2, -0.15) is 0 Å². The van der Waals surface area contributed by atoms with Crippen molar-refractivity contribution in [1.29, 1.82) is 0 Å². The molecule has 0 amide bonds. The number of furan rings is 1. The van der Waals surface area contributed by atoms with Gasteiger partial charge in [0.1, 0.15) is 11.2 Å². The summed E-state index contributed by atoms with van der Waals surface area (Å²) in [5.74, 6) is 0. The van der Waals surface area contributed by atoms with E-state index in [2.05, 4.69) is 223 Å². The second-order valence-corrected chi connectivity index (χ2v) is 14.9. The lowest BCUT2D eigenvalue weighted by atomic mass is 9.92. The Bertz CT molecular complexity index is 3250. The molecular formula is C56H37NO. The third-order valence-electron chi connectivity index (χ3n) is 11.5. The Morgan fingerprint density at radius 1 is 0.276 bits per heavy atom. The van der Waals surface area contributed by atoms with Gasteiger partial charge in [0.2, 0.25) is 0 Å². The van der Waals surface area contributed by atoms with Crippen LogP contribution in [0.15, 0.2) is 229 Å². The number of hydrogen-bond acceptors (Lipinski definition) is 2. The highest BCUT2D eigenvalue weighted by molar-refractivity contribution is 6.14. The maximum Gasteiger partial charge on any atom is 0.143 e. The van der Waals surface area contributed by atoms with Crippen LogP contribution in [0.5, 0.6) is 0 Å². The number of para-hydroxylation sites is 2. The Hall–Kier alpha value is -7.68. The normalized spacial score (nSPS) is 11.4. The van der Waals surface area contributed by atoms with E-state index in [0.717, 1.165) is 61.3 Å². The van der Waals surface area contributed by atoms with E-state index < -0.39 is 0 Å². The number of nitrogens with zero attached hydrogens (tertiary/aromatic N) is 1. The summed E-state index contributed by atoms with van der Waals surface area (Å²) in [4.78, 5) is 2.37. The summed E-state index contributed by atoms with van der Waals surface area (Å²) in [6.07, 6.45) is 0. The summed E-state index contributed by atoms with van der Waals surface area (Å²) < 4.78 is 6.58. The van der Waals surface area contributed by atoms with Crippen LogP contribution in [-0.2, 0) is 0 Å². The largest absolute Gasteiger partial charge is 0.455 e. The number of fused-ring (bicyclic) bond motifs is 6. The van der Waals surface area contributed by atoms with Crippen molar-refractivity contribution in [3.05, 3.63) is 224 Å². The molecule has 0 radical (unpaired) electrons. The summed E-state index contributed by atoms with van der Waals surface area (Å²) in [6, 6.07) is 80.6. The molecule has 0 aliphatic carbocycles. The van der Waals surface area contributed by atoms with Crippen LogP contribution in [0.25, 0.3) is 88.0 Å². The maximum absolute atomic E-state index is 6.58. The summed E-state index contributed by atoms with van der Waals surface area (Å²) in [5.41, 5.74) is 14.3. The highest BCUT2D eigenvalue weighted by atomic mass is 16.3. The van der Waals surface area contributed by atoms with Crippen molar-refractivity contribution < 1.29 is 4.42 Å². The Balaban J connectivity index is 1.08. The van der Waals surface area contributed by atoms with E-state index in [1.54, 1.807) is 0 Å². The molecule has 2 heteroatoms. The van der Waals surface area contributed by atoms with Gasteiger partial charge in [0.25, 0.3) is 0 Å². The van der Waals surface area contributed by atoms with E-state index in [0.29, 0.717) is 0 Å². The zero-order valence-electron chi connectivity index (χ0n) is 31.7. The van der Waals surface area contributed by atoms with E-state index in [-0.39, 0.29) is 0 Å². The van der Waals surface area contributed by atoms with Crippen LogP contribution in [0.3, 0.4) is 0 Å². The predicted molar refractivity (Wildman–Crippen MR) is 245 cm³/mol. The van der Waals surface area contributed by atoms with Gasteiger partial charge < -0.3 is 9.32 Å². The fourth-order valence-electron chi connectivity index (χ4n) is 8.69. The first-order chi connectivity index (χ1) is 28.8. The third-order valence-corrected chi connectivity index (χ3v) is 11.5. The molecule has 2 nitrogen and oxygen atoms in total. The lowest BCUT2D eigenvalue weighted by Gasteiger charge is -2.27. The van der Waals surface area contributed by atoms with Crippen LogP contribution in [0.2, 0.25) is 0 Å². The van der Waals surface area contributed by atoms with Crippen LogP contribution in [-0.4, -0.2) is 0 Å². The van der Waals surface area contributed by atoms with Crippen molar-refractivity contribution in [1.82, 2.24) is 0 Å². The lowest BCUT2D eigenvalue weighted by Crippen LogP contribution is -2.10. The summed E-state index contributed by atoms with van der Waals surface area (Å²) in [6.45, 7) is 0. The van der Waals surface area contributed by atoms with Crippen molar-refractivity contribution in [3.8, 4) is 44.5 Å². The van der Waals surface area contributed by atoms with Gasteiger partial charge in [-0.1, -0.05) is 176 Å². The third kappa shape index (κ3) is 5.82. The van der Waals surface area contributed by atoms with Crippen molar-refractivity contribution in [2.45, 2.75) is 0 Å².